The zero-order valence-corrected chi connectivity index (χ0v) is 12.2. The summed E-state index contributed by atoms with van der Waals surface area (Å²) in [4.78, 5) is 12.0. The molecule has 0 spiro atoms. The second-order valence-corrected chi connectivity index (χ2v) is 5.15. The van der Waals surface area contributed by atoms with Crippen molar-refractivity contribution in [3.63, 3.8) is 0 Å². The lowest BCUT2D eigenvalue weighted by atomic mass is 10.1. The quantitative estimate of drug-likeness (QED) is 0.908. The molecule has 0 aliphatic heterocycles. The molecule has 3 nitrogen and oxygen atoms in total. The van der Waals surface area contributed by atoms with Gasteiger partial charge < -0.3 is 11.1 Å². The maximum absolute atomic E-state index is 13.6. The smallest absolute Gasteiger partial charge is 0.241 e. The third-order valence-corrected chi connectivity index (χ3v) is 3.40. The monoisotopic (exact) mass is 286 g/mol. The van der Waals surface area contributed by atoms with E-state index in [1.807, 2.05) is 30.3 Å². The van der Waals surface area contributed by atoms with E-state index in [0.29, 0.717) is 17.7 Å². The fourth-order valence-corrected chi connectivity index (χ4v) is 2.25. The number of nitrogens with one attached hydrogen (secondary N) is 1. The van der Waals surface area contributed by atoms with Crippen LogP contribution in [0.1, 0.15) is 28.3 Å². The van der Waals surface area contributed by atoms with E-state index >= 15 is 0 Å². The van der Waals surface area contributed by atoms with Gasteiger partial charge in [0, 0.05) is 6.54 Å². The predicted molar refractivity (Wildman–Crippen MR) is 81.1 cm³/mol. The van der Waals surface area contributed by atoms with Crippen molar-refractivity contribution in [2.24, 2.45) is 5.73 Å². The Morgan fingerprint density at radius 3 is 2.33 bits per heavy atom. The molecule has 110 valence electrons. The van der Waals surface area contributed by atoms with E-state index in [1.165, 1.54) is 0 Å². The molecular weight excluding hydrogens is 267 g/mol. The summed E-state index contributed by atoms with van der Waals surface area (Å²) in [6.07, 6.45) is 0. The summed E-state index contributed by atoms with van der Waals surface area (Å²) >= 11 is 0. The Morgan fingerprint density at radius 1 is 1.19 bits per heavy atom. The molecule has 0 saturated heterocycles. The van der Waals surface area contributed by atoms with Gasteiger partial charge in [-0.3, -0.25) is 4.79 Å². The number of halogens is 1. The van der Waals surface area contributed by atoms with Crippen LogP contribution in [0, 0.1) is 19.7 Å². The van der Waals surface area contributed by atoms with Gasteiger partial charge in [0.15, 0.2) is 0 Å². The van der Waals surface area contributed by atoms with E-state index < -0.39 is 6.04 Å². The average Bonchev–Trinajstić information content (AvgIpc) is 2.50. The van der Waals surface area contributed by atoms with Gasteiger partial charge in [0.25, 0.3) is 0 Å². The Hall–Kier alpha value is -2.20. The van der Waals surface area contributed by atoms with Crippen molar-refractivity contribution in [1.82, 2.24) is 5.32 Å². The van der Waals surface area contributed by atoms with Gasteiger partial charge in [-0.25, -0.2) is 4.39 Å². The molecule has 0 fully saturated rings. The molecule has 2 rings (SSSR count). The van der Waals surface area contributed by atoms with Crippen LogP contribution < -0.4 is 11.1 Å². The Bertz CT molecular complexity index is 617. The van der Waals surface area contributed by atoms with Crippen LogP contribution in [0.5, 0.6) is 0 Å². The second-order valence-electron chi connectivity index (χ2n) is 5.15. The van der Waals surface area contributed by atoms with E-state index in [1.54, 1.807) is 26.0 Å². The van der Waals surface area contributed by atoms with E-state index in [2.05, 4.69) is 5.32 Å². The number of amides is 1. The van der Waals surface area contributed by atoms with Gasteiger partial charge in [0.2, 0.25) is 5.91 Å². The SMILES string of the molecule is Cc1cc(CNC(=O)C(N)c2ccccc2)cc(C)c1F. The highest BCUT2D eigenvalue weighted by Crippen LogP contribution is 2.15. The minimum Gasteiger partial charge on any atom is -0.350 e. The molecule has 0 aliphatic rings. The fourth-order valence-electron chi connectivity index (χ4n) is 2.25. The minimum atomic E-state index is -0.700. The van der Waals surface area contributed by atoms with Gasteiger partial charge >= 0.3 is 0 Å². The lowest BCUT2D eigenvalue weighted by Gasteiger charge is -2.13. The van der Waals surface area contributed by atoms with Crippen LogP contribution in [-0.4, -0.2) is 5.91 Å². The van der Waals surface area contributed by atoms with Crippen LogP contribution in [0.15, 0.2) is 42.5 Å². The largest absolute Gasteiger partial charge is 0.350 e. The average molecular weight is 286 g/mol. The van der Waals surface area contributed by atoms with Crippen LogP contribution in [-0.2, 0) is 11.3 Å². The molecule has 1 amide bonds. The Labute approximate surface area is 124 Å². The van der Waals surface area contributed by atoms with Crippen molar-refractivity contribution in [2.45, 2.75) is 26.4 Å². The second kappa shape index (κ2) is 6.50. The van der Waals surface area contributed by atoms with Gasteiger partial charge in [0.05, 0.1) is 0 Å². The molecule has 1 unspecified atom stereocenters. The first-order valence-electron chi connectivity index (χ1n) is 6.83. The maximum Gasteiger partial charge on any atom is 0.241 e. The lowest BCUT2D eigenvalue weighted by molar-refractivity contribution is -0.122. The molecule has 0 saturated carbocycles. The number of carbonyl (C=O) groups is 1. The molecule has 2 aromatic rings. The number of carbonyl (C=O) groups excluding carboxylic acids is 1. The molecule has 1 atom stereocenters. The van der Waals surface area contributed by atoms with Gasteiger partial charge in [-0.05, 0) is 36.1 Å². The lowest BCUT2D eigenvalue weighted by Crippen LogP contribution is -2.33. The number of benzene rings is 2. The Balaban J connectivity index is 2.01. The van der Waals surface area contributed by atoms with E-state index in [9.17, 15) is 9.18 Å². The van der Waals surface area contributed by atoms with Crippen LogP contribution in [0.25, 0.3) is 0 Å². The highest BCUT2D eigenvalue weighted by molar-refractivity contribution is 5.82. The van der Waals surface area contributed by atoms with Crippen molar-refractivity contribution in [2.75, 3.05) is 0 Å². The summed E-state index contributed by atoms with van der Waals surface area (Å²) in [5.41, 5.74) is 8.69. The number of hydrogen-bond acceptors (Lipinski definition) is 2. The summed E-state index contributed by atoms with van der Waals surface area (Å²) in [6, 6.07) is 12.0. The standard InChI is InChI=1S/C17H19FN2O/c1-11-8-13(9-12(2)15(11)18)10-20-17(21)16(19)14-6-4-3-5-7-14/h3-9,16H,10,19H2,1-2H3,(H,20,21). The van der Waals surface area contributed by atoms with E-state index in [0.717, 1.165) is 11.1 Å². The molecule has 0 bridgehead atoms. The molecule has 21 heavy (non-hydrogen) atoms. The van der Waals surface area contributed by atoms with Crippen LogP contribution in [0.2, 0.25) is 0 Å². The number of hydrogen-bond donors (Lipinski definition) is 2. The van der Waals surface area contributed by atoms with Crippen LogP contribution in [0.3, 0.4) is 0 Å². The summed E-state index contributed by atoms with van der Waals surface area (Å²) < 4.78 is 13.6. The van der Waals surface area contributed by atoms with Gasteiger partial charge in [-0.1, -0.05) is 42.5 Å². The topological polar surface area (TPSA) is 55.1 Å². The molecule has 4 heteroatoms. The normalized spacial score (nSPS) is 12.0. The zero-order chi connectivity index (χ0) is 15.4. The number of rotatable bonds is 4. The van der Waals surface area contributed by atoms with Crippen molar-refractivity contribution in [3.8, 4) is 0 Å². The number of aryl methyl sites for hydroxylation is 2. The molecular formula is C17H19FN2O. The highest BCUT2D eigenvalue weighted by Gasteiger charge is 2.15. The Morgan fingerprint density at radius 2 is 1.76 bits per heavy atom. The molecule has 0 heterocycles. The highest BCUT2D eigenvalue weighted by atomic mass is 19.1. The van der Waals surface area contributed by atoms with E-state index in [4.69, 9.17) is 5.73 Å². The van der Waals surface area contributed by atoms with E-state index in [-0.39, 0.29) is 11.7 Å². The van der Waals surface area contributed by atoms with Gasteiger partial charge in [-0.2, -0.15) is 0 Å². The van der Waals surface area contributed by atoms with Crippen molar-refractivity contribution >= 4 is 5.91 Å². The number of nitrogens with two attached hydrogens (primary N) is 1. The maximum atomic E-state index is 13.6. The third kappa shape index (κ3) is 3.67. The third-order valence-electron chi connectivity index (χ3n) is 3.40. The summed E-state index contributed by atoms with van der Waals surface area (Å²) in [5.74, 6) is -0.452. The molecule has 3 N–H and O–H groups in total. The molecule has 0 aliphatic carbocycles. The molecule has 0 aromatic heterocycles. The zero-order valence-electron chi connectivity index (χ0n) is 12.2. The minimum absolute atomic E-state index is 0.203. The first-order valence-corrected chi connectivity index (χ1v) is 6.83. The predicted octanol–water partition coefficient (Wildman–Crippen LogP) is 2.76. The summed E-state index contributed by atoms with van der Waals surface area (Å²) in [7, 11) is 0. The summed E-state index contributed by atoms with van der Waals surface area (Å²) in [5, 5.41) is 2.78. The first-order chi connectivity index (χ1) is 9.99. The fraction of sp³-hybridized carbons (Fsp3) is 0.235. The molecule has 0 radical (unpaired) electrons. The van der Waals surface area contributed by atoms with Crippen molar-refractivity contribution in [3.05, 3.63) is 70.5 Å². The van der Waals surface area contributed by atoms with Gasteiger partial charge in [0.1, 0.15) is 11.9 Å². The van der Waals surface area contributed by atoms with Gasteiger partial charge in [-0.15, -0.1) is 0 Å². The van der Waals surface area contributed by atoms with Crippen molar-refractivity contribution in [1.29, 1.82) is 0 Å². The first kappa shape index (κ1) is 15.2. The molecule has 2 aromatic carbocycles. The summed E-state index contributed by atoms with van der Waals surface area (Å²) in [6.45, 7) is 3.76. The Kier molecular flexibility index (Phi) is 4.70. The van der Waals surface area contributed by atoms with Crippen LogP contribution >= 0.6 is 0 Å². The van der Waals surface area contributed by atoms with Crippen molar-refractivity contribution < 1.29 is 9.18 Å². The van der Waals surface area contributed by atoms with Crippen LogP contribution in [0.4, 0.5) is 4.39 Å².